The monoisotopic (exact) mass is 314 g/mol. The normalized spacial score (nSPS) is 26.0. The molecule has 0 aromatic carbocycles. The number of nitrogens with zero attached hydrogens (tertiary/aromatic N) is 3. The number of aryl methyl sites for hydroxylation is 1. The summed E-state index contributed by atoms with van der Waals surface area (Å²) in [4.78, 5) is 7.59. The average molecular weight is 314 g/mol. The van der Waals surface area contributed by atoms with Gasteiger partial charge in [-0.1, -0.05) is 0 Å². The van der Waals surface area contributed by atoms with Crippen molar-refractivity contribution in [1.82, 2.24) is 18.6 Å². The molecule has 0 amide bonds. The van der Waals surface area contributed by atoms with E-state index in [2.05, 4.69) is 9.97 Å². The zero-order chi connectivity index (χ0) is 14.9. The maximum Gasteiger partial charge on any atom is 0.282 e. The van der Waals surface area contributed by atoms with E-state index in [1.165, 1.54) is 4.31 Å². The van der Waals surface area contributed by atoms with Crippen molar-refractivity contribution in [1.29, 1.82) is 0 Å². The van der Waals surface area contributed by atoms with Gasteiger partial charge in [0, 0.05) is 44.0 Å². The van der Waals surface area contributed by atoms with Crippen molar-refractivity contribution in [3.63, 3.8) is 0 Å². The van der Waals surface area contributed by atoms with Gasteiger partial charge >= 0.3 is 0 Å². The van der Waals surface area contributed by atoms with Gasteiger partial charge in [0.15, 0.2) is 0 Å². The summed E-state index contributed by atoms with van der Waals surface area (Å²) < 4.78 is 33.7. The summed E-state index contributed by atoms with van der Waals surface area (Å²) in [5, 5.41) is 0. The van der Waals surface area contributed by atoms with Crippen molar-refractivity contribution in [2.45, 2.75) is 25.7 Å². The minimum Gasteiger partial charge on any atom is -0.379 e. The number of ether oxygens (including phenoxy) is 1. The number of imidazole rings is 1. The van der Waals surface area contributed by atoms with E-state index in [4.69, 9.17) is 4.74 Å². The smallest absolute Gasteiger partial charge is 0.282 e. The van der Waals surface area contributed by atoms with Gasteiger partial charge in [0.25, 0.3) is 10.2 Å². The van der Waals surface area contributed by atoms with Crippen LogP contribution in [0.5, 0.6) is 0 Å². The van der Waals surface area contributed by atoms with Crippen LogP contribution in [0, 0.1) is 6.92 Å². The molecule has 3 heterocycles. The summed E-state index contributed by atoms with van der Waals surface area (Å²) in [6.07, 6.45) is 3.64. The van der Waals surface area contributed by atoms with Gasteiger partial charge in [0.05, 0.1) is 13.2 Å². The number of hydrogen-bond donors (Lipinski definition) is 1. The van der Waals surface area contributed by atoms with E-state index in [0.29, 0.717) is 39.4 Å². The lowest BCUT2D eigenvalue weighted by Crippen LogP contribution is -2.51. The van der Waals surface area contributed by atoms with Gasteiger partial charge in [-0.25, -0.2) is 4.98 Å². The number of rotatable bonds is 3. The number of morpholine rings is 1. The van der Waals surface area contributed by atoms with Crippen molar-refractivity contribution < 1.29 is 13.2 Å². The predicted octanol–water partition coefficient (Wildman–Crippen LogP) is 0.475. The molecular weight excluding hydrogens is 292 g/mol. The number of aromatic amines is 1. The van der Waals surface area contributed by atoms with Crippen LogP contribution in [-0.2, 0) is 14.9 Å². The second-order valence-electron chi connectivity index (χ2n) is 5.67. The first-order valence-electron chi connectivity index (χ1n) is 7.42. The number of aromatic nitrogens is 2. The van der Waals surface area contributed by atoms with Crippen LogP contribution < -0.4 is 0 Å². The Labute approximate surface area is 125 Å². The summed E-state index contributed by atoms with van der Waals surface area (Å²) in [7, 11) is -3.37. The van der Waals surface area contributed by atoms with Gasteiger partial charge < -0.3 is 9.72 Å². The molecule has 0 spiro atoms. The largest absolute Gasteiger partial charge is 0.379 e. The molecule has 1 unspecified atom stereocenters. The molecule has 21 heavy (non-hydrogen) atoms. The first-order valence-corrected chi connectivity index (χ1v) is 8.81. The van der Waals surface area contributed by atoms with Crippen molar-refractivity contribution in [3.05, 3.63) is 17.7 Å². The molecule has 2 aliphatic heterocycles. The number of nitrogens with one attached hydrogen (secondary N) is 1. The van der Waals surface area contributed by atoms with Gasteiger partial charge in [-0.05, 0) is 19.8 Å². The van der Waals surface area contributed by atoms with Gasteiger partial charge in [-0.2, -0.15) is 17.0 Å². The molecule has 1 N–H and O–H groups in total. The number of piperidine rings is 1. The van der Waals surface area contributed by atoms with Crippen LogP contribution >= 0.6 is 0 Å². The molecule has 1 aromatic heterocycles. The molecule has 3 rings (SSSR count). The van der Waals surface area contributed by atoms with E-state index >= 15 is 0 Å². The Morgan fingerprint density at radius 3 is 2.71 bits per heavy atom. The summed E-state index contributed by atoms with van der Waals surface area (Å²) >= 11 is 0. The molecule has 0 bridgehead atoms. The molecule has 7 nitrogen and oxygen atoms in total. The Balaban J connectivity index is 1.73. The number of hydrogen-bond acceptors (Lipinski definition) is 4. The van der Waals surface area contributed by atoms with Gasteiger partial charge in [0.1, 0.15) is 5.82 Å². The van der Waals surface area contributed by atoms with Gasteiger partial charge in [-0.3, -0.25) is 0 Å². The molecule has 2 aliphatic rings. The van der Waals surface area contributed by atoms with E-state index in [9.17, 15) is 8.42 Å². The molecule has 118 valence electrons. The molecule has 1 aromatic rings. The molecule has 0 aliphatic carbocycles. The molecule has 2 saturated heterocycles. The van der Waals surface area contributed by atoms with Gasteiger partial charge in [-0.15, -0.1) is 0 Å². The summed E-state index contributed by atoms with van der Waals surface area (Å²) in [6.45, 7) is 4.92. The van der Waals surface area contributed by atoms with E-state index in [0.717, 1.165) is 24.4 Å². The highest BCUT2D eigenvalue weighted by molar-refractivity contribution is 7.86. The van der Waals surface area contributed by atoms with E-state index < -0.39 is 10.2 Å². The molecule has 1 atom stereocenters. The third-order valence-electron chi connectivity index (χ3n) is 4.12. The lowest BCUT2D eigenvalue weighted by molar-refractivity contribution is 0.0695. The quantitative estimate of drug-likeness (QED) is 0.880. The minimum absolute atomic E-state index is 0.156. The summed E-state index contributed by atoms with van der Waals surface area (Å²) in [5.74, 6) is 1.05. The highest BCUT2D eigenvalue weighted by atomic mass is 32.2. The average Bonchev–Trinajstić information content (AvgIpc) is 2.95. The number of H-pyrrole nitrogens is 1. The van der Waals surface area contributed by atoms with E-state index in [-0.39, 0.29) is 5.92 Å². The summed E-state index contributed by atoms with van der Waals surface area (Å²) in [6, 6.07) is 0. The van der Waals surface area contributed by atoms with E-state index in [1.54, 1.807) is 10.5 Å². The highest BCUT2D eigenvalue weighted by Gasteiger charge is 2.35. The van der Waals surface area contributed by atoms with Crippen LogP contribution in [0.3, 0.4) is 0 Å². The molecule has 0 saturated carbocycles. The van der Waals surface area contributed by atoms with Gasteiger partial charge in [0.2, 0.25) is 0 Å². The topological polar surface area (TPSA) is 78.5 Å². The van der Waals surface area contributed by atoms with Crippen LogP contribution in [0.4, 0.5) is 0 Å². The summed E-state index contributed by atoms with van der Waals surface area (Å²) in [5.41, 5.74) is 1.01. The first-order chi connectivity index (χ1) is 10.1. The zero-order valence-corrected chi connectivity index (χ0v) is 13.1. The standard InChI is InChI=1S/C13H22N4O3S/c1-11-9-14-13(15-11)12-3-2-4-17(10-12)21(18,19)16-5-7-20-8-6-16/h9,12H,2-8,10H2,1H3,(H,14,15). The maximum atomic E-state index is 12.7. The second-order valence-corrected chi connectivity index (χ2v) is 7.60. The SMILES string of the molecule is Cc1cnc(C2CCCN(S(=O)(=O)N3CCOCC3)C2)[nH]1. The Hall–Kier alpha value is -0.960. The Bertz CT molecular complexity index is 580. The van der Waals surface area contributed by atoms with Crippen molar-refractivity contribution in [3.8, 4) is 0 Å². The third-order valence-corrected chi connectivity index (χ3v) is 6.12. The fourth-order valence-electron chi connectivity index (χ4n) is 2.96. The zero-order valence-electron chi connectivity index (χ0n) is 12.3. The van der Waals surface area contributed by atoms with Crippen molar-refractivity contribution in [2.75, 3.05) is 39.4 Å². The Morgan fingerprint density at radius 2 is 2.05 bits per heavy atom. The molecular formula is C13H22N4O3S. The lowest BCUT2D eigenvalue weighted by Gasteiger charge is -2.36. The Morgan fingerprint density at radius 1 is 1.29 bits per heavy atom. The maximum absolute atomic E-state index is 12.7. The fraction of sp³-hybridized carbons (Fsp3) is 0.769. The minimum atomic E-state index is -3.37. The first kappa shape index (κ1) is 15.0. The lowest BCUT2D eigenvalue weighted by atomic mass is 9.99. The van der Waals surface area contributed by atoms with Crippen LogP contribution in [0.1, 0.15) is 30.3 Å². The van der Waals surface area contributed by atoms with E-state index in [1.807, 2.05) is 6.92 Å². The molecule has 8 heteroatoms. The third kappa shape index (κ3) is 3.13. The van der Waals surface area contributed by atoms with Crippen molar-refractivity contribution in [2.24, 2.45) is 0 Å². The van der Waals surface area contributed by atoms with Crippen LogP contribution in [0.25, 0.3) is 0 Å². The van der Waals surface area contributed by atoms with Crippen LogP contribution in [0.15, 0.2) is 6.20 Å². The highest BCUT2D eigenvalue weighted by Crippen LogP contribution is 2.27. The fourth-order valence-corrected chi connectivity index (χ4v) is 4.62. The van der Waals surface area contributed by atoms with Crippen LogP contribution in [-0.4, -0.2) is 66.4 Å². The predicted molar refractivity (Wildman–Crippen MR) is 78.2 cm³/mol. The van der Waals surface area contributed by atoms with Crippen molar-refractivity contribution >= 4 is 10.2 Å². The van der Waals surface area contributed by atoms with Crippen LogP contribution in [0.2, 0.25) is 0 Å². The molecule has 2 fully saturated rings. The second kappa shape index (κ2) is 6.04. The molecule has 0 radical (unpaired) electrons. The Kier molecular flexibility index (Phi) is 4.30.